The van der Waals surface area contributed by atoms with Gasteiger partial charge in [0.05, 0.1) is 46.7 Å². The SMILES string of the molecule is CCn1cncc1Cn1c(CN2CC(Oc3cccc(COc4ccccc4Cl)c3)C2)nc2ccc(C(=O)O)cc21. The van der Waals surface area contributed by atoms with Crippen molar-refractivity contribution in [3.63, 3.8) is 0 Å². The molecular formula is C31H30ClN5O4. The number of rotatable bonds is 11. The summed E-state index contributed by atoms with van der Waals surface area (Å²) >= 11 is 6.20. The first-order valence-electron chi connectivity index (χ1n) is 13.5. The Morgan fingerprint density at radius 3 is 2.73 bits per heavy atom. The predicted molar refractivity (Wildman–Crippen MR) is 156 cm³/mol. The van der Waals surface area contributed by atoms with Crippen molar-refractivity contribution in [1.29, 1.82) is 0 Å². The van der Waals surface area contributed by atoms with Gasteiger partial charge in [0.15, 0.2) is 0 Å². The van der Waals surface area contributed by atoms with Gasteiger partial charge in [-0.15, -0.1) is 0 Å². The van der Waals surface area contributed by atoms with Crippen LogP contribution in [0.5, 0.6) is 11.5 Å². The second kappa shape index (κ2) is 11.6. The lowest BCUT2D eigenvalue weighted by atomic mass is 10.1. The Balaban J connectivity index is 1.12. The summed E-state index contributed by atoms with van der Waals surface area (Å²) in [6.45, 7) is 5.98. The van der Waals surface area contributed by atoms with E-state index >= 15 is 0 Å². The maximum absolute atomic E-state index is 11.7. The van der Waals surface area contributed by atoms with Crippen molar-refractivity contribution in [3.05, 3.63) is 107 Å². The van der Waals surface area contributed by atoms with Gasteiger partial charge < -0.3 is 23.7 Å². The van der Waals surface area contributed by atoms with Crippen LogP contribution in [-0.4, -0.2) is 54.3 Å². The third-order valence-corrected chi connectivity index (χ3v) is 7.57. The van der Waals surface area contributed by atoms with Crippen molar-refractivity contribution >= 4 is 28.6 Å². The molecular weight excluding hydrogens is 542 g/mol. The van der Waals surface area contributed by atoms with E-state index in [9.17, 15) is 9.90 Å². The number of halogens is 1. The van der Waals surface area contributed by atoms with Crippen LogP contribution in [0.25, 0.3) is 11.0 Å². The lowest BCUT2D eigenvalue weighted by molar-refractivity contribution is 0.0124. The first kappa shape index (κ1) is 26.9. The zero-order chi connectivity index (χ0) is 28.3. The number of aryl methyl sites for hydroxylation is 1. The van der Waals surface area contributed by atoms with Crippen molar-refractivity contribution in [1.82, 2.24) is 24.0 Å². The molecule has 0 unspecified atom stereocenters. The summed E-state index contributed by atoms with van der Waals surface area (Å²) in [4.78, 5) is 23.1. The highest BCUT2D eigenvalue weighted by Crippen LogP contribution is 2.27. The fraction of sp³-hybridized carbons (Fsp3) is 0.258. The molecule has 0 atom stereocenters. The highest BCUT2D eigenvalue weighted by molar-refractivity contribution is 6.32. The zero-order valence-electron chi connectivity index (χ0n) is 22.6. The lowest BCUT2D eigenvalue weighted by Crippen LogP contribution is -2.53. The first-order valence-corrected chi connectivity index (χ1v) is 13.9. The second-order valence-electron chi connectivity index (χ2n) is 10.1. The molecule has 0 bridgehead atoms. The van der Waals surface area contributed by atoms with Crippen LogP contribution in [0.4, 0.5) is 0 Å². The second-order valence-corrected chi connectivity index (χ2v) is 10.5. The van der Waals surface area contributed by atoms with Crippen LogP contribution in [0.15, 0.2) is 79.3 Å². The van der Waals surface area contributed by atoms with Gasteiger partial charge in [0.1, 0.15) is 30.0 Å². The molecule has 1 aliphatic heterocycles. The third-order valence-electron chi connectivity index (χ3n) is 7.25. The van der Waals surface area contributed by atoms with Gasteiger partial charge in [-0.05, 0) is 55.0 Å². The van der Waals surface area contributed by atoms with E-state index in [1.165, 1.54) is 0 Å². The van der Waals surface area contributed by atoms with Gasteiger partial charge in [0.25, 0.3) is 0 Å². The molecule has 1 N–H and O–H groups in total. The summed E-state index contributed by atoms with van der Waals surface area (Å²) < 4.78 is 16.3. The van der Waals surface area contributed by atoms with Crippen molar-refractivity contribution < 1.29 is 19.4 Å². The van der Waals surface area contributed by atoms with Gasteiger partial charge in [-0.1, -0.05) is 35.9 Å². The minimum atomic E-state index is -0.956. The molecule has 1 saturated heterocycles. The molecule has 2 aromatic heterocycles. The third kappa shape index (κ3) is 5.91. The Kier molecular flexibility index (Phi) is 7.63. The molecule has 0 spiro atoms. The van der Waals surface area contributed by atoms with Crippen molar-refractivity contribution in [2.24, 2.45) is 0 Å². The average molecular weight is 572 g/mol. The summed E-state index contributed by atoms with van der Waals surface area (Å²) in [5.74, 6) is 1.38. The standard InChI is InChI=1S/C31H30ClN5O4/c1-2-36-20-33-14-23(36)15-37-28-13-22(31(38)39)10-11-27(28)34-30(37)18-35-16-25(17-35)41-24-7-5-6-21(12-24)19-40-29-9-4-3-8-26(29)32/h3-14,20,25H,2,15-19H2,1H3,(H,38,39). The average Bonchev–Trinajstić information content (AvgIpc) is 3.55. The minimum Gasteiger partial charge on any atom is -0.488 e. The van der Waals surface area contributed by atoms with Gasteiger partial charge in [-0.2, -0.15) is 0 Å². The molecule has 10 heteroatoms. The Labute approximate surface area is 242 Å². The minimum absolute atomic E-state index is 0.0627. The molecule has 1 fully saturated rings. The monoisotopic (exact) mass is 571 g/mol. The summed E-state index contributed by atoms with van der Waals surface area (Å²) in [6, 6.07) is 20.4. The van der Waals surface area contributed by atoms with Gasteiger partial charge >= 0.3 is 5.97 Å². The topological polar surface area (TPSA) is 94.6 Å². The largest absolute Gasteiger partial charge is 0.488 e. The Hall–Kier alpha value is -4.34. The number of aromatic carboxylic acids is 1. The van der Waals surface area contributed by atoms with Crippen molar-refractivity contribution in [2.75, 3.05) is 13.1 Å². The van der Waals surface area contributed by atoms with E-state index in [1.807, 2.05) is 55.0 Å². The van der Waals surface area contributed by atoms with Crippen molar-refractivity contribution in [2.45, 2.75) is 39.3 Å². The van der Waals surface area contributed by atoms with Crippen LogP contribution in [-0.2, 0) is 26.2 Å². The molecule has 0 aliphatic carbocycles. The highest BCUT2D eigenvalue weighted by atomic mass is 35.5. The number of carboxylic acid groups (broad SMARTS) is 1. The number of carboxylic acids is 1. The maximum Gasteiger partial charge on any atom is 0.335 e. The number of ether oxygens (including phenoxy) is 2. The zero-order valence-corrected chi connectivity index (χ0v) is 23.4. The van der Waals surface area contributed by atoms with E-state index in [0.29, 0.717) is 30.5 Å². The van der Waals surface area contributed by atoms with E-state index in [4.69, 9.17) is 26.1 Å². The van der Waals surface area contributed by atoms with Crippen LogP contribution in [0.2, 0.25) is 5.02 Å². The molecule has 9 nitrogen and oxygen atoms in total. The van der Waals surface area contributed by atoms with Crippen LogP contribution < -0.4 is 9.47 Å². The molecule has 5 aromatic rings. The molecule has 0 radical (unpaired) electrons. The fourth-order valence-electron chi connectivity index (χ4n) is 5.08. The van der Waals surface area contributed by atoms with E-state index in [2.05, 4.69) is 25.9 Å². The number of benzene rings is 3. The summed E-state index contributed by atoms with van der Waals surface area (Å²) in [5, 5.41) is 10.1. The first-order chi connectivity index (χ1) is 20.0. The van der Waals surface area contributed by atoms with E-state index < -0.39 is 5.97 Å². The molecule has 41 heavy (non-hydrogen) atoms. The molecule has 3 heterocycles. The smallest absolute Gasteiger partial charge is 0.335 e. The number of hydrogen-bond acceptors (Lipinski definition) is 6. The normalized spacial score (nSPS) is 13.8. The molecule has 0 saturated carbocycles. The molecule has 3 aromatic carbocycles. The predicted octanol–water partition coefficient (Wildman–Crippen LogP) is 5.49. The van der Waals surface area contributed by atoms with Gasteiger partial charge in [0.2, 0.25) is 0 Å². The summed E-state index contributed by atoms with van der Waals surface area (Å²) in [5.41, 5.74) is 3.85. The number of fused-ring (bicyclic) bond motifs is 1. The lowest BCUT2D eigenvalue weighted by Gasteiger charge is -2.38. The quantitative estimate of drug-likeness (QED) is 0.224. The number of likely N-dealkylation sites (tertiary alicyclic amines) is 1. The number of imidazole rings is 2. The Morgan fingerprint density at radius 2 is 1.93 bits per heavy atom. The van der Waals surface area contributed by atoms with Gasteiger partial charge in [0, 0.05) is 25.8 Å². The number of carbonyl (C=O) groups is 1. The van der Waals surface area contributed by atoms with Crippen LogP contribution in [0, 0.1) is 0 Å². The number of nitrogens with zero attached hydrogens (tertiary/aromatic N) is 5. The van der Waals surface area contributed by atoms with Crippen molar-refractivity contribution in [3.8, 4) is 11.5 Å². The van der Waals surface area contributed by atoms with E-state index in [-0.39, 0.29) is 11.7 Å². The molecule has 6 rings (SSSR count). The Bertz CT molecular complexity index is 1690. The maximum atomic E-state index is 11.7. The number of para-hydroxylation sites is 1. The molecule has 1 aliphatic rings. The van der Waals surface area contributed by atoms with E-state index in [1.54, 1.807) is 24.3 Å². The summed E-state index contributed by atoms with van der Waals surface area (Å²) in [7, 11) is 0. The van der Waals surface area contributed by atoms with Gasteiger partial charge in [-0.3, -0.25) is 4.90 Å². The number of aromatic nitrogens is 4. The Morgan fingerprint density at radius 1 is 1.07 bits per heavy atom. The highest BCUT2D eigenvalue weighted by Gasteiger charge is 2.30. The number of hydrogen-bond donors (Lipinski definition) is 1. The molecule has 0 amide bonds. The van der Waals surface area contributed by atoms with Gasteiger partial charge in [-0.25, -0.2) is 14.8 Å². The van der Waals surface area contributed by atoms with Crippen LogP contribution in [0.3, 0.4) is 0 Å². The van der Waals surface area contributed by atoms with Crippen LogP contribution in [0.1, 0.15) is 34.4 Å². The summed E-state index contributed by atoms with van der Waals surface area (Å²) in [6.07, 6.45) is 3.72. The molecule has 210 valence electrons. The van der Waals surface area contributed by atoms with E-state index in [0.717, 1.165) is 53.5 Å². The fourth-order valence-corrected chi connectivity index (χ4v) is 5.27. The van der Waals surface area contributed by atoms with Crippen LogP contribution >= 0.6 is 11.6 Å².